The largest absolute Gasteiger partial charge is 0.474 e. The Bertz CT molecular complexity index is 492. The van der Waals surface area contributed by atoms with Gasteiger partial charge in [-0.15, -0.1) is 0 Å². The van der Waals surface area contributed by atoms with Gasteiger partial charge in [0, 0.05) is 36.7 Å². The lowest BCUT2D eigenvalue weighted by Crippen LogP contribution is -2.48. The van der Waals surface area contributed by atoms with Crippen molar-refractivity contribution in [1.82, 2.24) is 9.88 Å². The Labute approximate surface area is 118 Å². The first kappa shape index (κ1) is 13.2. The van der Waals surface area contributed by atoms with Crippen LogP contribution >= 0.6 is 0 Å². The minimum Gasteiger partial charge on any atom is -0.474 e. The lowest BCUT2D eigenvalue weighted by atomic mass is 10.0. The molecule has 1 amide bonds. The minimum atomic E-state index is -0.790. The van der Waals surface area contributed by atoms with E-state index in [9.17, 15) is 9.90 Å². The minimum absolute atomic E-state index is 0.0858. The van der Waals surface area contributed by atoms with Crippen molar-refractivity contribution >= 4 is 6.09 Å². The van der Waals surface area contributed by atoms with Gasteiger partial charge >= 0.3 is 6.09 Å². The molecule has 3 heterocycles. The van der Waals surface area contributed by atoms with Gasteiger partial charge in [-0.2, -0.15) is 0 Å². The van der Waals surface area contributed by atoms with Gasteiger partial charge in [-0.3, -0.25) is 0 Å². The van der Waals surface area contributed by atoms with Gasteiger partial charge in [-0.05, 0) is 25.3 Å². The fourth-order valence-corrected chi connectivity index (χ4v) is 3.43. The van der Waals surface area contributed by atoms with E-state index in [0.29, 0.717) is 5.88 Å². The molecule has 2 aliphatic rings. The predicted molar refractivity (Wildman–Crippen MR) is 73.9 cm³/mol. The molecule has 1 aromatic rings. The molecule has 2 bridgehead atoms. The molecule has 108 valence electrons. The summed E-state index contributed by atoms with van der Waals surface area (Å²) < 4.78 is 5.98. The second-order valence-electron chi connectivity index (χ2n) is 5.61. The number of carboxylic acid groups (broad SMARTS) is 1. The van der Waals surface area contributed by atoms with Gasteiger partial charge in [-0.1, -0.05) is 13.0 Å². The maximum Gasteiger partial charge on any atom is 0.407 e. The summed E-state index contributed by atoms with van der Waals surface area (Å²) in [6.07, 6.45) is 3.66. The van der Waals surface area contributed by atoms with Crippen LogP contribution in [0.5, 0.6) is 5.88 Å². The van der Waals surface area contributed by atoms with Crippen LogP contribution in [-0.4, -0.2) is 39.3 Å². The van der Waals surface area contributed by atoms with Crippen molar-refractivity contribution in [2.24, 2.45) is 0 Å². The van der Waals surface area contributed by atoms with Crippen molar-refractivity contribution in [1.29, 1.82) is 0 Å². The maximum absolute atomic E-state index is 11.2. The molecular weight excluding hydrogens is 256 g/mol. The van der Waals surface area contributed by atoms with Crippen molar-refractivity contribution in [2.75, 3.05) is 0 Å². The highest BCUT2D eigenvalue weighted by Crippen LogP contribution is 2.37. The maximum atomic E-state index is 11.2. The van der Waals surface area contributed by atoms with E-state index >= 15 is 0 Å². The van der Waals surface area contributed by atoms with Crippen LogP contribution in [0.3, 0.4) is 0 Å². The molecule has 2 fully saturated rings. The number of pyridine rings is 1. The molecule has 1 aromatic heterocycles. The number of rotatable bonds is 3. The summed E-state index contributed by atoms with van der Waals surface area (Å²) in [5.74, 6) is 0.664. The molecule has 0 spiro atoms. The molecule has 2 saturated heterocycles. The zero-order valence-electron chi connectivity index (χ0n) is 11.7. The third-order valence-corrected chi connectivity index (χ3v) is 4.34. The third kappa shape index (κ3) is 2.44. The van der Waals surface area contributed by atoms with Crippen LogP contribution in [-0.2, 0) is 6.42 Å². The summed E-state index contributed by atoms with van der Waals surface area (Å²) in [6.45, 7) is 2.07. The number of aromatic nitrogens is 1. The van der Waals surface area contributed by atoms with Gasteiger partial charge in [0.25, 0.3) is 0 Å². The van der Waals surface area contributed by atoms with E-state index in [1.54, 1.807) is 4.90 Å². The van der Waals surface area contributed by atoms with E-state index in [4.69, 9.17) is 4.74 Å². The number of carbonyl (C=O) groups is 1. The van der Waals surface area contributed by atoms with E-state index in [-0.39, 0.29) is 18.2 Å². The van der Waals surface area contributed by atoms with Gasteiger partial charge < -0.3 is 14.7 Å². The highest BCUT2D eigenvalue weighted by atomic mass is 16.5. The number of piperidine rings is 1. The summed E-state index contributed by atoms with van der Waals surface area (Å²) in [5, 5.41) is 9.24. The van der Waals surface area contributed by atoms with Crippen LogP contribution in [0.2, 0.25) is 0 Å². The number of fused-ring (bicyclic) bond motifs is 2. The average Bonchev–Trinajstić information content (AvgIpc) is 2.71. The highest BCUT2D eigenvalue weighted by Gasteiger charge is 2.44. The Balaban J connectivity index is 1.67. The zero-order valence-corrected chi connectivity index (χ0v) is 11.7. The Morgan fingerprint density at radius 3 is 2.70 bits per heavy atom. The molecule has 1 N–H and O–H groups in total. The third-order valence-electron chi connectivity index (χ3n) is 4.34. The van der Waals surface area contributed by atoms with E-state index in [2.05, 4.69) is 11.9 Å². The number of ether oxygens (including phenoxy) is 1. The summed E-state index contributed by atoms with van der Waals surface area (Å²) >= 11 is 0. The van der Waals surface area contributed by atoms with Crippen LogP contribution in [0.15, 0.2) is 18.2 Å². The van der Waals surface area contributed by atoms with Gasteiger partial charge in [0.2, 0.25) is 5.88 Å². The SMILES string of the molecule is CCc1cccc(O[C@H]2C[C@H]3CC[C@@H](C2)N3C(=O)O)n1. The number of hydrogen-bond acceptors (Lipinski definition) is 3. The van der Waals surface area contributed by atoms with E-state index in [1.165, 1.54) is 0 Å². The lowest BCUT2D eigenvalue weighted by Gasteiger charge is -2.36. The molecule has 20 heavy (non-hydrogen) atoms. The molecule has 0 aromatic carbocycles. The van der Waals surface area contributed by atoms with Gasteiger partial charge in [0.1, 0.15) is 6.10 Å². The smallest absolute Gasteiger partial charge is 0.407 e. The van der Waals surface area contributed by atoms with E-state index < -0.39 is 6.09 Å². The fourth-order valence-electron chi connectivity index (χ4n) is 3.43. The molecule has 5 heteroatoms. The Hall–Kier alpha value is -1.78. The van der Waals surface area contributed by atoms with E-state index in [1.807, 2.05) is 18.2 Å². The summed E-state index contributed by atoms with van der Waals surface area (Å²) in [6, 6.07) is 6.06. The molecule has 0 unspecified atom stereocenters. The van der Waals surface area contributed by atoms with Crippen LogP contribution in [0.1, 0.15) is 38.3 Å². The molecule has 3 atom stereocenters. The summed E-state index contributed by atoms with van der Waals surface area (Å²) in [7, 11) is 0. The number of aryl methyl sites for hydroxylation is 1. The van der Waals surface area contributed by atoms with Gasteiger partial charge in [0.15, 0.2) is 0 Å². The first-order chi connectivity index (χ1) is 9.67. The molecule has 0 saturated carbocycles. The second kappa shape index (κ2) is 5.31. The molecule has 2 aliphatic heterocycles. The van der Waals surface area contributed by atoms with Gasteiger partial charge in [-0.25, -0.2) is 9.78 Å². The average molecular weight is 276 g/mol. The van der Waals surface area contributed by atoms with Crippen LogP contribution in [0.25, 0.3) is 0 Å². The van der Waals surface area contributed by atoms with Crippen molar-refractivity contribution in [3.63, 3.8) is 0 Å². The molecule has 3 rings (SSSR count). The molecule has 5 nitrogen and oxygen atoms in total. The number of hydrogen-bond donors (Lipinski definition) is 1. The molecule has 0 aliphatic carbocycles. The Morgan fingerprint density at radius 2 is 2.10 bits per heavy atom. The van der Waals surface area contributed by atoms with Crippen molar-refractivity contribution in [3.8, 4) is 5.88 Å². The van der Waals surface area contributed by atoms with Crippen molar-refractivity contribution < 1.29 is 14.6 Å². The standard InChI is InChI=1S/C15H20N2O3/c1-2-10-4-3-5-14(16-10)20-13-8-11-6-7-12(9-13)17(11)15(18)19/h3-5,11-13H,2,6-9H2,1H3,(H,18,19)/t11-,12+,13+. The lowest BCUT2D eigenvalue weighted by molar-refractivity contribution is 0.0476. The number of amides is 1. The van der Waals surface area contributed by atoms with Crippen LogP contribution in [0, 0.1) is 0 Å². The second-order valence-corrected chi connectivity index (χ2v) is 5.61. The Morgan fingerprint density at radius 1 is 1.40 bits per heavy atom. The highest BCUT2D eigenvalue weighted by molar-refractivity contribution is 5.66. The fraction of sp³-hybridized carbons (Fsp3) is 0.600. The first-order valence-electron chi connectivity index (χ1n) is 7.31. The van der Waals surface area contributed by atoms with E-state index in [0.717, 1.165) is 37.8 Å². The molecular formula is C15H20N2O3. The summed E-state index contributed by atoms with van der Waals surface area (Å²) in [4.78, 5) is 17.3. The number of nitrogens with zero attached hydrogens (tertiary/aromatic N) is 2. The van der Waals surface area contributed by atoms with Crippen molar-refractivity contribution in [3.05, 3.63) is 23.9 Å². The zero-order chi connectivity index (χ0) is 14.1. The first-order valence-corrected chi connectivity index (χ1v) is 7.31. The molecule has 0 radical (unpaired) electrons. The normalized spacial score (nSPS) is 28.4. The van der Waals surface area contributed by atoms with Crippen LogP contribution in [0.4, 0.5) is 4.79 Å². The van der Waals surface area contributed by atoms with Gasteiger partial charge in [0.05, 0.1) is 0 Å². The topological polar surface area (TPSA) is 62.7 Å². The quantitative estimate of drug-likeness (QED) is 0.922. The predicted octanol–water partition coefficient (Wildman–Crippen LogP) is 2.70. The Kier molecular flexibility index (Phi) is 3.51. The summed E-state index contributed by atoms with van der Waals surface area (Å²) in [5.41, 5.74) is 1.02. The monoisotopic (exact) mass is 276 g/mol. The van der Waals surface area contributed by atoms with Crippen molar-refractivity contribution in [2.45, 2.75) is 57.2 Å². The van der Waals surface area contributed by atoms with Crippen LogP contribution < -0.4 is 4.74 Å².